The van der Waals surface area contributed by atoms with E-state index in [1.807, 2.05) is 0 Å². The molecular formula is C16H15Br2N. The highest BCUT2D eigenvalue weighted by atomic mass is 79.9. The highest BCUT2D eigenvalue weighted by Crippen LogP contribution is 2.44. The molecule has 3 rings (SSSR count). The smallest absolute Gasteiger partial charge is 0.0379 e. The second-order valence-corrected chi connectivity index (χ2v) is 6.87. The molecular weight excluding hydrogens is 366 g/mol. The molecule has 0 bridgehead atoms. The minimum Gasteiger partial charge on any atom is -0.323 e. The van der Waals surface area contributed by atoms with E-state index in [4.69, 9.17) is 5.73 Å². The molecule has 1 aliphatic carbocycles. The maximum Gasteiger partial charge on any atom is 0.0379 e. The fourth-order valence-corrected chi connectivity index (χ4v) is 3.84. The molecule has 98 valence electrons. The van der Waals surface area contributed by atoms with Crippen molar-refractivity contribution >= 4 is 31.9 Å². The van der Waals surface area contributed by atoms with Crippen LogP contribution in [0.1, 0.15) is 34.2 Å². The zero-order chi connectivity index (χ0) is 13.6. The Morgan fingerprint density at radius 1 is 1.16 bits per heavy atom. The van der Waals surface area contributed by atoms with Gasteiger partial charge in [0.2, 0.25) is 0 Å². The SMILES string of the molecule is Cc1cc(Br)c(C(N)C2Cc3ccccc32)cc1Br. The third kappa shape index (κ3) is 2.28. The standard InChI is InChI=1S/C16H15Br2N/c1-9-6-15(18)13(8-14(9)17)16(19)12-7-10-4-2-3-5-11(10)12/h2-6,8,12,16H,7,19H2,1H3. The van der Waals surface area contributed by atoms with E-state index in [1.54, 1.807) is 0 Å². The van der Waals surface area contributed by atoms with Crippen molar-refractivity contribution < 1.29 is 0 Å². The molecule has 1 nitrogen and oxygen atoms in total. The number of aryl methyl sites for hydroxylation is 1. The van der Waals surface area contributed by atoms with Crippen LogP contribution in [0.3, 0.4) is 0 Å². The molecule has 0 aliphatic heterocycles. The molecule has 0 saturated carbocycles. The number of hydrogen-bond acceptors (Lipinski definition) is 1. The van der Waals surface area contributed by atoms with Crippen molar-refractivity contribution in [3.8, 4) is 0 Å². The van der Waals surface area contributed by atoms with E-state index in [1.165, 1.54) is 22.3 Å². The minimum atomic E-state index is 0.0428. The molecule has 2 aromatic rings. The number of hydrogen-bond donors (Lipinski definition) is 1. The Balaban J connectivity index is 1.94. The first-order valence-corrected chi connectivity index (χ1v) is 7.95. The lowest BCUT2D eigenvalue weighted by Crippen LogP contribution is -2.29. The van der Waals surface area contributed by atoms with Crippen LogP contribution in [-0.2, 0) is 6.42 Å². The van der Waals surface area contributed by atoms with Gasteiger partial charge in [-0.2, -0.15) is 0 Å². The molecule has 19 heavy (non-hydrogen) atoms. The Hall–Kier alpha value is -0.640. The fraction of sp³-hybridized carbons (Fsp3) is 0.250. The summed E-state index contributed by atoms with van der Waals surface area (Å²) >= 11 is 7.24. The molecule has 0 aromatic heterocycles. The second-order valence-electron chi connectivity index (χ2n) is 5.16. The van der Waals surface area contributed by atoms with Gasteiger partial charge in [0.05, 0.1) is 0 Å². The van der Waals surface area contributed by atoms with Gasteiger partial charge in [0.25, 0.3) is 0 Å². The van der Waals surface area contributed by atoms with Crippen LogP contribution in [0, 0.1) is 6.92 Å². The highest BCUT2D eigenvalue weighted by molar-refractivity contribution is 9.11. The molecule has 1 aliphatic rings. The molecule has 2 atom stereocenters. The first-order chi connectivity index (χ1) is 9.08. The van der Waals surface area contributed by atoms with Gasteiger partial charge < -0.3 is 5.73 Å². The Bertz CT molecular complexity index is 637. The van der Waals surface area contributed by atoms with Crippen molar-refractivity contribution in [2.75, 3.05) is 0 Å². The van der Waals surface area contributed by atoms with Gasteiger partial charge in [-0.15, -0.1) is 0 Å². The number of rotatable bonds is 2. The van der Waals surface area contributed by atoms with E-state index in [0.29, 0.717) is 5.92 Å². The van der Waals surface area contributed by atoms with Crippen molar-refractivity contribution in [2.24, 2.45) is 5.73 Å². The lowest BCUT2D eigenvalue weighted by molar-refractivity contribution is 0.498. The van der Waals surface area contributed by atoms with E-state index in [0.717, 1.165) is 15.4 Å². The summed E-state index contributed by atoms with van der Waals surface area (Å²) in [6.07, 6.45) is 1.08. The monoisotopic (exact) mass is 379 g/mol. The summed E-state index contributed by atoms with van der Waals surface area (Å²) in [6, 6.07) is 12.9. The van der Waals surface area contributed by atoms with Gasteiger partial charge in [-0.1, -0.05) is 56.1 Å². The lowest BCUT2D eigenvalue weighted by Gasteiger charge is -2.35. The molecule has 0 fully saturated rings. The maximum atomic E-state index is 6.48. The van der Waals surface area contributed by atoms with Crippen LogP contribution in [0.5, 0.6) is 0 Å². The predicted molar refractivity (Wildman–Crippen MR) is 86.4 cm³/mol. The summed E-state index contributed by atoms with van der Waals surface area (Å²) in [5, 5.41) is 0. The van der Waals surface area contributed by atoms with Crippen molar-refractivity contribution in [3.05, 3.63) is 67.6 Å². The highest BCUT2D eigenvalue weighted by Gasteiger charge is 2.32. The van der Waals surface area contributed by atoms with Gasteiger partial charge in [0, 0.05) is 20.9 Å². The maximum absolute atomic E-state index is 6.48. The second kappa shape index (κ2) is 5.04. The minimum absolute atomic E-state index is 0.0428. The number of nitrogens with two attached hydrogens (primary N) is 1. The largest absolute Gasteiger partial charge is 0.323 e. The normalized spacial score (nSPS) is 18.6. The molecule has 0 amide bonds. The van der Waals surface area contributed by atoms with Crippen LogP contribution in [0.4, 0.5) is 0 Å². The van der Waals surface area contributed by atoms with E-state index in [9.17, 15) is 0 Å². The molecule has 0 saturated heterocycles. The topological polar surface area (TPSA) is 26.0 Å². The first-order valence-electron chi connectivity index (χ1n) is 6.37. The third-order valence-electron chi connectivity index (χ3n) is 3.96. The molecule has 0 heterocycles. The van der Waals surface area contributed by atoms with Gasteiger partial charge in [-0.3, -0.25) is 0 Å². The average molecular weight is 381 g/mol. The van der Waals surface area contributed by atoms with Crippen LogP contribution in [-0.4, -0.2) is 0 Å². The molecule has 0 spiro atoms. The van der Waals surface area contributed by atoms with Crippen molar-refractivity contribution in [2.45, 2.75) is 25.3 Å². The fourth-order valence-electron chi connectivity index (χ4n) is 2.75. The van der Waals surface area contributed by atoms with Crippen LogP contribution in [0.2, 0.25) is 0 Å². The van der Waals surface area contributed by atoms with E-state index >= 15 is 0 Å². The predicted octanol–water partition coefficient (Wildman–Crippen LogP) is 4.86. The number of benzene rings is 2. The first kappa shape index (κ1) is 13.3. The van der Waals surface area contributed by atoms with Crippen LogP contribution in [0.25, 0.3) is 0 Å². The Morgan fingerprint density at radius 2 is 1.89 bits per heavy atom. The summed E-state index contributed by atoms with van der Waals surface area (Å²) in [6.45, 7) is 2.09. The molecule has 2 aromatic carbocycles. The van der Waals surface area contributed by atoms with E-state index < -0.39 is 0 Å². The van der Waals surface area contributed by atoms with Gasteiger partial charge in [-0.25, -0.2) is 0 Å². The third-order valence-corrected chi connectivity index (χ3v) is 5.51. The number of fused-ring (bicyclic) bond motifs is 1. The zero-order valence-electron chi connectivity index (χ0n) is 10.7. The lowest BCUT2D eigenvalue weighted by atomic mass is 9.72. The molecule has 2 N–H and O–H groups in total. The summed E-state index contributed by atoms with van der Waals surface area (Å²) in [5.74, 6) is 0.433. The summed E-state index contributed by atoms with van der Waals surface area (Å²) in [5.41, 5.74) is 11.7. The van der Waals surface area contributed by atoms with Gasteiger partial charge >= 0.3 is 0 Å². The molecule has 0 radical (unpaired) electrons. The van der Waals surface area contributed by atoms with Crippen molar-refractivity contribution in [3.63, 3.8) is 0 Å². The van der Waals surface area contributed by atoms with Crippen molar-refractivity contribution in [1.82, 2.24) is 0 Å². The summed E-state index contributed by atoms with van der Waals surface area (Å²) < 4.78 is 2.22. The summed E-state index contributed by atoms with van der Waals surface area (Å²) in [7, 11) is 0. The molecule has 2 unspecified atom stereocenters. The van der Waals surface area contributed by atoms with Crippen LogP contribution in [0.15, 0.2) is 45.3 Å². The Labute approximate surface area is 130 Å². The van der Waals surface area contributed by atoms with Crippen LogP contribution >= 0.6 is 31.9 Å². The Kier molecular flexibility index (Phi) is 3.54. The van der Waals surface area contributed by atoms with Gasteiger partial charge in [0.1, 0.15) is 0 Å². The van der Waals surface area contributed by atoms with E-state index in [-0.39, 0.29) is 6.04 Å². The Morgan fingerprint density at radius 3 is 2.63 bits per heavy atom. The average Bonchev–Trinajstić information content (AvgIpc) is 2.35. The van der Waals surface area contributed by atoms with E-state index in [2.05, 4.69) is 75.2 Å². The van der Waals surface area contributed by atoms with Crippen LogP contribution < -0.4 is 5.73 Å². The van der Waals surface area contributed by atoms with Crippen molar-refractivity contribution in [1.29, 1.82) is 0 Å². The summed E-state index contributed by atoms with van der Waals surface area (Å²) in [4.78, 5) is 0. The quantitative estimate of drug-likeness (QED) is 0.790. The van der Waals surface area contributed by atoms with Gasteiger partial charge in [0.15, 0.2) is 0 Å². The zero-order valence-corrected chi connectivity index (χ0v) is 13.8. The van der Waals surface area contributed by atoms with Gasteiger partial charge in [-0.05, 0) is 47.7 Å². The number of halogens is 2. The molecule has 3 heteroatoms.